The van der Waals surface area contributed by atoms with Crippen LogP contribution in [0.25, 0.3) is 0 Å². The normalized spacial score (nSPS) is 19.4. The number of benzene rings is 1. The summed E-state index contributed by atoms with van der Waals surface area (Å²) >= 11 is 0. The topological polar surface area (TPSA) is 83.9 Å². The molecule has 0 radical (unpaired) electrons. The van der Waals surface area contributed by atoms with Gasteiger partial charge in [-0.15, -0.1) is 0 Å². The maximum absolute atomic E-state index is 12.7. The van der Waals surface area contributed by atoms with Crippen LogP contribution in [0.5, 0.6) is 0 Å². The first-order valence-electron chi connectivity index (χ1n) is 6.61. The van der Waals surface area contributed by atoms with Crippen LogP contribution in [0, 0.1) is 6.92 Å². The lowest BCUT2D eigenvalue weighted by Gasteiger charge is -2.37. The van der Waals surface area contributed by atoms with Gasteiger partial charge in [0.05, 0.1) is 22.7 Å². The van der Waals surface area contributed by atoms with E-state index >= 15 is 0 Å². The van der Waals surface area contributed by atoms with Crippen molar-refractivity contribution < 1.29 is 23.1 Å². The Balaban J connectivity index is 2.44. The smallest absolute Gasteiger partial charge is 0.335 e. The summed E-state index contributed by atoms with van der Waals surface area (Å²) in [6.45, 7) is 6.15. The van der Waals surface area contributed by atoms with Crippen molar-refractivity contribution >= 4 is 16.0 Å². The zero-order valence-corrected chi connectivity index (χ0v) is 13.1. The molecule has 0 aromatic heterocycles. The van der Waals surface area contributed by atoms with Crippen molar-refractivity contribution in [2.45, 2.75) is 31.3 Å². The molecule has 0 atom stereocenters. The molecule has 1 saturated heterocycles. The molecule has 0 spiro atoms. The van der Waals surface area contributed by atoms with Crippen LogP contribution in [0.1, 0.15) is 29.8 Å². The number of aromatic carboxylic acids is 1. The third-order valence-corrected chi connectivity index (χ3v) is 5.43. The molecule has 1 aromatic rings. The fraction of sp³-hybridized carbons (Fsp3) is 0.500. The van der Waals surface area contributed by atoms with Gasteiger partial charge in [-0.1, -0.05) is 6.07 Å². The van der Waals surface area contributed by atoms with Crippen molar-refractivity contribution in [3.63, 3.8) is 0 Å². The number of carboxylic acid groups (broad SMARTS) is 1. The molecule has 0 aliphatic carbocycles. The second kappa shape index (κ2) is 5.40. The molecular weight excluding hydrogens is 294 g/mol. The highest BCUT2D eigenvalue weighted by molar-refractivity contribution is 7.89. The van der Waals surface area contributed by atoms with Gasteiger partial charge in [-0.2, -0.15) is 4.31 Å². The minimum atomic E-state index is -3.73. The first-order chi connectivity index (χ1) is 9.63. The van der Waals surface area contributed by atoms with Gasteiger partial charge in [0.25, 0.3) is 0 Å². The first-order valence-corrected chi connectivity index (χ1v) is 8.05. The van der Waals surface area contributed by atoms with Crippen LogP contribution in [0.4, 0.5) is 0 Å². The summed E-state index contributed by atoms with van der Waals surface area (Å²) in [6, 6.07) is 4.14. The highest BCUT2D eigenvalue weighted by atomic mass is 32.2. The van der Waals surface area contributed by atoms with E-state index in [0.29, 0.717) is 12.2 Å². The number of ether oxygens (including phenoxy) is 1. The molecule has 0 saturated carbocycles. The Labute approximate surface area is 124 Å². The number of carboxylic acids is 1. The summed E-state index contributed by atoms with van der Waals surface area (Å²) in [4.78, 5) is 11.1. The average molecular weight is 313 g/mol. The van der Waals surface area contributed by atoms with Crippen molar-refractivity contribution in [1.29, 1.82) is 0 Å². The minimum absolute atomic E-state index is 0.0355. The van der Waals surface area contributed by atoms with Gasteiger partial charge in [-0.05, 0) is 38.5 Å². The molecule has 116 valence electrons. The predicted molar refractivity (Wildman–Crippen MR) is 76.9 cm³/mol. The Bertz CT molecular complexity index is 666. The summed E-state index contributed by atoms with van der Waals surface area (Å²) in [7, 11) is -3.73. The SMILES string of the molecule is Cc1ccc(C(=O)O)cc1S(=O)(=O)N1CCOC(C)(C)C1. The highest BCUT2D eigenvalue weighted by Gasteiger charge is 2.35. The Kier molecular flexibility index (Phi) is 4.10. The second-order valence-electron chi connectivity index (χ2n) is 5.73. The van der Waals surface area contributed by atoms with Crippen molar-refractivity contribution in [2.75, 3.05) is 19.7 Å². The van der Waals surface area contributed by atoms with Crippen LogP contribution in [-0.4, -0.2) is 49.1 Å². The third-order valence-electron chi connectivity index (χ3n) is 3.44. The van der Waals surface area contributed by atoms with E-state index in [4.69, 9.17) is 9.84 Å². The monoisotopic (exact) mass is 313 g/mol. The molecule has 1 N–H and O–H groups in total. The summed E-state index contributed by atoms with van der Waals surface area (Å²) in [6.07, 6.45) is 0. The number of aryl methyl sites for hydroxylation is 1. The van der Waals surface area contributed by atoms with Crippen LogP contribution >= 0.6 is 0 Å². The van der Waals surface area contributed by atoms with Gasteiger partial charge < -0.3 is 9.84 Å². The van der Waals surface area contributed by atoms with E-state index in [0.717, 1.165) is 0 Å². The first kappa shape index (κ1) is 15.9. The lowest BCUT2D eigenvalue weighted by molar-refractivity contribution is -0.0640. The number of hydrogen-bond acceptors (Lipinski definition) is 4. The molecule has 1 heterocycles. The van der Waals surface area contributed by atoms with E-state index in [1.54, 1.807) is 6.92 Å². The predicted octanol–water partition coefficient (Wildman–Crippen LogP) is 1.49. The van der Waals surface area contributed by atoms with Gasteiger partial charge in [0.15, 0.2) is 0 Å². The molecule has 7 heteroatoms. The number of rotatable bonds is 3. The van der Waals surface area contributed by atoms with Crippen molar-refractivity contribution in [3.8, 4) is 0 Å². The minimum Gasteiger partial charge on any atom is -0.478 e. The summed E-state index contributed by atoms with van der Waals surface area (Å²) in [5.41, 5.74) is -0.0557. The van der Waals surface area contributed by atoms with E-state index in [9.17, 15) is 13.2 Å². The number of hydrogen-bond donors (Lipinski definition) is 1. The van der Waals surface area contributed by atoms with Gasteiger partial charge in [0.1, 0.15) is 0 Å². The molecule has 0 unspecified atom stereocenters. The summed E-state index contributed by atoms with van der Waals surface area (Å²) < 4.78 is 32.4. The van der Waals surface area contributed by atoms with Crippen molar-refractivity contribution in [3.05, 3.63) is 29.3 Å². The molecule has 0 bridgehead atoms. The lowest BCUT2D eigenvalue weighted by atomic mass is 10.1. The Morgan fingerprint density at radius 1 is 1.38 bits per heavy atom. The number of carbonyl (C=O) groups is 1. The number of morpholine rings is 1. The van der Waals surface area contributed by atoms with Crippen LogP contribution in [0.15, 0.2) is 23.1 Å². The molecule has 21 heavy (non-hydrogen) atoms. The standard InChI is InChI=1S/C14H19NO5S/c1-10-4-5-11(13(16)17)8-12(10)21(18,19)15-6-7-20-14(2,3)9-15/h4-5,8H,6-7,9H2,1-3H3,(H,16,17). The summed E-state index contributed by atoms with van der Waals surface area (Å²) in [5.74, 6) is -1.14. The fourth-order valence-electron chi connectivity index (χ4n) is 2.33. The highest BCUT2D eigenvalue weighted by Crippen LogP contribution is 2.26. The van der Waals surface area contributed by atoms with Crippen molar-refractivity contribution in [2.24, 2.45) is 0 Å². The molecule has 1 aliphatic rings. The van der Waals surface area contributed by atoms with Gasteiger partial charge in [-0.3, -0.25) is 0 Å². The molecular formula is C14H19NO5S. The van der Waals surface area contributed by atoms with Crippen molar-refractivity contribution in [1.82, 2.24) is 4.31 Å². The van der Waals surface area contributed by atoms with Gasteiger partial charge in [0, 0.05) is 13.1 Å². The average Bonchev–Trinajstić information content (AvgIpc) is 2.37. The second-order valence-corrected chi connectivity index (χ2v) is 7.64. The molecule has 1 aliphatic heterocycles. The Hall–Kier alpha value is -1.44. The Morgan fingerprint density at radius 3 is 2.62 bits per heavy atom. The van der Waals surface area contributed by atoms with Crippen LogP contribution in [0.2, 0.25) is 0 Å². The lowest BCUT2D eigenvalue weighted by Crippen LogP contribution is -2.50. The quantitative estimate of drug-likeness (QED) is 0.914. The summed E-state index contributed by atoms with van der Waals surface area (Å²) in [5, 5.41) is 9.03. The zero-order chi connectivity index (χ0) is 15.8. The molecule has 0 amide bonds. The molecule has 6 nitrogen and oxygen atoms in total. The van der Waals surface area contributed by atoms with E-state index < -0.39 is 21.6 Å². The Morgan fingerprint density at radius 2 is 2.05 bits per heavy atom. The van der Waals surface area contributed by atoms with E-state index in [2.05, 4.69) is 0 Å². The maximum atomic E-state index is 12.7. The van der Waals surface area contributed by atoms with E-state index in [1.807, 2.05) is 13.8 Å². The van der Waals surface area contributed by atoms with Gasteiger partial charge in [0.2, 0.25) is 10.0 Å². The fourth-order valence-corrected chi connectivity index (χ4v) is 4.15. The largest absolute Gasteiger partial charge is 0.478 e. The van der Waals surface area contributed by atoms with Crippen LogP contribution < -0.4 is 0 Å². The van der Waals surface area contributed by atoms with E-state index in [1.165, 1.54) is 22.5 Å². The van der Waals surface area contributed by atoms with Gasteiger partial charge in [-0.25, -0.2) is 13.2 Å². The molecule has 1 fully saturated rings. The molecule has 2 rings (SSSR count). The number of sulfonamides is 1. The van der Waals surface area contributed by atoms with Gasteiger partial charge >= 0.3 is 5.97 Å². The zero-order valence-electron chi connectivity index (χ0n) is 12.3. The number of nitrogens with zero attached hydrogens (tertiary/aromatic N) is 1. The van der Waals surface area contributed by atoms with Crippen LogP contribution in [-0.2, 0) is 14.8 Å². The third kappa shape index (κ3) is 3.25. The molecule has 1 aromatic carbocycles. The van der Waals surface area contributed by atoms with Crippen LogP contribution in [0.3, 0.4) is 0 Å². The van der Waals surface area contributed by atoms with E-state index in [-0.39, 0.29) is 23.5 Å². The maximum Gasteiger partial charge on any atom is 0.335 e.